The third kappa shape index (κ3) is 2.91. The summed E-state index contributed by atoms with van der Waals surface area (Å²) in [5.41, 5.74) is 2.19. The van der Waals surface area contributed by atoms with Gasteiger partial charge in [-0.1, -0.05) is 33.6 Å². The molecule has 0 N–H and O–H groups in total. The van der Waals surface area contributed by atoms with Crippen LogP contribution in [0.5, 0.6) is 11.5 Å². The summed E-state index contributed by atoms with van der Waals surface area (Å²) >= 11 is 11.7. The molecule has 0 aliphatic heterocycles. The maximum atomic E-state index is 6.31. The molecule has 19 heavy (non-hydrogen) atoms. The number of aryl methyl sites for hydroxylation is 1. The Kier molecular flexibility index (Phi) is 4.76. The van der Waals surface area contributed by atoms with Crippen LogP contribution in [-0.4, -0.2) is 14.2 Å². The molecule has 2 aromatic rings. The Labute approximate surface area is 130 Å². The molecule has 2 nitrogen and oxygen atoms in total. The predicted octanol–water partition coefficient (Wildman–Crippen LogP) is 5.21. The van der Waals surface area contributed by atoms with Gasteiger partial charge in [-0.2, -0.15) is 0 Å². The molecule has 1 atom stereocenters. The molecular weight excluding hydrogens is 348 g/mol. The van der Waals surface area contributed by atoms with Gasteiger partial charge in [0.25, 0.3) is 0 Å². The van der Waals surface area contributed by atoms with Crippen LogP contribution in [0.3, 0.4) is 0 Å². The minimum atomic E-state index is 0.0542. The predicted molar refractivity (Wildman–Crippen MR) is 84.4 cm³/mol. The van der Waals surface area contributed by atoms with Crippen molar-refractivity contribution < 1.29 is 9.47 Å². The van der Waals surface area contributed by atoms with Crippen LogP contribution in [-0.2, 0) is 0 Å². The summed E-state index contributed by atoms with van der Waals surface area (Å²) in [7, 11) is 3.26. The van der Waals surface area contributed by atoms with Gasteiger partial charge in [-0.15, -0.1) is 11.3 Å². The number of thiophene rings is 1. The molecule has 0 fully saturated rings. The van der Waals surface area contributed by atoms with Crippen molar-refractivity contribution in [1.82, 2.24) is 0 Å². The lowest BCUT2D eigenvalue weighted by Gasteiger charge is -2.13. The lowest BCUT2D eigenvalue weighted by molar-refractivity contribution is 0.354. The van der Waals surface area contributed by atoms with Gasteiger partial charge in [0, 0.05) is 4.88 Å². The number of alkyl halides is 1. The van der Waals surface area contributed by atoms with Crippen LogP contribution in [0.25, 0.3) is 0 Å². The fourth-order valence-electron chi connectivity index (χ4n) is 1.78. The van der Waals surface area contributed by atoms with Crippen molar-refractivity contribution >= 4 is 38.9 Å². The van der Waals surface area contributed by atoms with Crippen molar-refractivity contribution in [3.8, 4) is 11.5 Å². The molecule has 0 bridgehead atoms. The number of halogens is 2. The van der Waals surface area contributed by atoms with Crippen LogP contribution in [0.1, 0.15) is 20.8 Å². The van der Waals surface area contributed by atoms with E-state index >= 15 is 0 Å². The molecule has 1 unspecified atom stereocenters. The highest BCUT2D eigenvalue weighted by atomic mass is 79.9. The molecule has 0 spiro atoms. The van der Waals surface area contributed by atoms with E-state index in [1.165, 1.54) is 0 Å². The first-order chi connectivity index (χ1) is 9.08. The molecular formula is C14H14BrClO2S. The molecule has 0 aliphatic rings. The van der Waals surface area contributed by atoms with E-state index in [0.29, 0.717) is 5.75 Å². The van der Waals surface area contributed by atoms with E-state index < -0.39 is 0 Å². The van der Waals surface area contributed by atoms with Crippen molar-refractivity contribution in [3.05, 3.63) is 44.6 Å². The smallest absolute Gasteiger partial charge is 0.161 e. The fraction of sp³-hybridized carbons (Fsp3) is 0.286. The largest absolute Gasteiger partial charge is 0.493 e. The van der Waals surface area contributed by atoms with Gasteiger partial charge in [0.05, 0.1) is 24.1 Å². The Morgan fingerprint density at radius 1 is 1.21 bits per heavy atom. The SMILES string of the molecule is COc1ccc(C(Br)c2scc(C)c2Cl)cc1OC. The monoisotopic (exact) mass is 360 g/mol. The maximum absolute atomic E-state index is 6.31. The number of rotatable bonds is 4. The summed E-state index contributed by atoms with van der Waals surface area (Å²) in [5.74, 6) is 1.44. The van der Waals surface area contributed by atoms with Gasteiger partial charge in [-0.25, -0.2) is 0 Å². The molecule has 0 radical (unpaired) electrons. The standard InChI is InChI=1S/C14H14BrClO2S/c1-8-7-19-14(13(8)16)12(15)9-4-5-10(17-2)11(6-9)18-3/h4-7,12H,1-3H3. The molecule has 1 aromatic heterocycles. The average Bonchev–Trinajstić information content (AvgIpc) is 2.77. The lowest BCUT2D eigenvalue weighted by atomic mass is 10.1. The third-order valence-corrected chi connectivity index (χ3v) is 5.92. The van der Waals surface area contributed by atoms with Gasteiger partial charge < -0.3 is 9.47 Å². The molecule has 5 heteroatoms. The highest BCUT2D eigenvalue weighted by Gasteiger charge is 2.18. The molecule has 2 rings (SSSR count). The number of benzene rings is 1. The minimum absolute atomic E-state index is 0.0542. The Hall–Kier alpha value is -0.710. The summed E-state index contributed by atoms with van der Waals surface area (Å²) in [6, 6.07) is 5.87. The number of methoxy groups -OCH3 is 2. The van der Waals surface area contributed by atoms with Gasteiger partial charge in [-0.3, -0.25) is 0 Å². The van der Waals surface area contributed by atoms with Crippen molar-refractivity contribution in [2.24, 2.45) is 0 Å². The fourth-order valence-corrected chi connectivity index (χ4v) is 4.06. The van der Waals surface area contributed by atoms with Crippen LogP contribution in [0.4, 0.5) is 0 Å². The normalized spacial score (nSPS) is 12.3. The molecule has 102 valence electrons. The van der Waals surface area contributed by atoms with E-state index in [2.05, 4.69) is 21.3 Å². The van der Waals surface area contributed by atoms with E-state index in [-0.39, 0.29) is 4.83 Å². The van der Waals surface area contributed by atoms with Crippen molar-refractivity contribution in [3.63, 3.8) is 0 Å². The maximum Gasteiger partial charge on any atom is 0.161 e. The zero-order chi connectivity index (χ0) is 14.0. The Morgan fingerprint density at radius 2 is 1.89 bits per heavy atom. The van der Waals surface area contributed by atoms with Crippen molar-refractivity contribution in [2.45, 2.75) is 11.8 Å². The highest BCUT2D eigenvalue weighted by molar-refractivity contribution is 9.09. The molecule has 0 aliphatic carbocycles. The Bertz CT molecular complexity index is 583. The number of ether oxygens (including phenoxy) is 2. The van der Waals surface area contributed by atoms with Crippen LogP contribution < -0.4 is 9.47 Å². The average molecular weight is 362 g/mol. The first-order valence-corrected chi connectivity index (χ1v) is 7.85. The molecule has 0 saturated heterocycles. The van der Waals surface area contributed by atoms with Gasteiger partial charge in [0.15, 0.2) is 11.5 Å². The van der Waals surface area contributed by atoms with Gasteiger partial charge in [-0.05, 0) is 35.6 Å². The molecule has 0 saturated carbocycles. The van der Waals surface area contributed by atoms with Gasteiger partial charge in [0.1, 0.15) is 0 Å². The number of hydrogen-bond donors (Lipinski definition) is 0. The molecule has 1 heterocycles. The summed E-state index contributed by atoms with van der Waals surface area (Å²) in [6.07, 6.45) is 0. The third-order valence-electron chi connectivity index (χ3n) is 2.86. The van der Waals surface area contributed by atoms with E-state index in [0.717, 1.165) is 26.8 Å². The lowest BCUT2D eigenvalue weighted by Crippen LogP contribution is -1.95. The van der Waals surface area contributed by atoms with E-state index in [1.54, 1.807) is 25.6 Å². The second-order valence-electron chi connectivity index (χ2n) is 4.07. The van der Waals surface area contributed by atoms with Gasteiger partial charge >= 0.3 is 0 Å². The zero-order valence-electron chi connectivity index (χ0n) is 10.9. The van der Waals surface area contributed by atoms with E-state index in [9.17, 15) is 0 Å². The minimum Gasteiger partial charge on any atom is -0.493 e. The molecule has 0 amide bonds. The summed E-state index contributed by atoms with van der Waals surface area (Å²) < 4.78 is 10.6. The van der Waals surface area contributed by atoms with Crippen molar-refractivity contribution in [1.29, 1.82) is 0 Å². The highest BCUT2D eigenvalue weighted by Crippen LogP contribution is 2.42. The van der Waals surface area contributed by atoms with Crippen LogP contribution in [0.15, 0.2) is 23.6 Å². The zero-order valence-corrected chi connectivity index (χ0v) is 14.0. The summed E-state index contributed by atoms with van der Waals surface area (Å²) in [5, 5.41) is 2.88. The van der Waals surface area contributed by atoms with Gasteiger partial charge in [0.2, 0.25) is 0 Å². The molecule has 1 aromatic carbocycles. The van der Waals surface area contributed by atoms with E-state index in [1.807, 2.05) is 25.1 Å². The van der Waals surface area contributed by atoms with Crippen LogP contribution in [0, 0.1) is 6.92 Å². The van der Waals surface area contributed by atoms with E-state index in [4.69, 9.17) is 21.1 Å². The van der Waals surface area contributed by atoms with Crippen LogP contribution in [0.2, 0.25) is 5.02 Å². The quantitative estimate of drug-likeness (QED) is 0.696. The Morgan fingerprint density at radius 3 is 2.42 bits per heavy atom. The Balaban J connectivity index is 2.39. The second kappa shape index (κ2) is 6.16. The second-order valence-corrected chi connectivity index (χ2v) is 6.28. The summed E-state index contributed by atoms with van der Waals surface area (Å²) in [6.45, 7) is 2.01. The van der Waals surface area contributed by atoms with Crippen molar-refractivity contribution in [2.75, 3.05) is 14.2 Å². The summed E-state index contributed by atoms with van der Waals surface area (Å²) in [4.78, 5) is 1.16. The first kappa shape index (κ1) is 14.7. The number of hydrogen-bond acceptors (Lipinski definition) is 3. The van der Waals surface area contributed by atoms with Crippen LogP contribution >= 0.6 is 38.9 Å². The first-order valence-electron chi connectivity index (χ1n) is 5.68. The topological polar surface area (TPSA) is 18.5 Å².